The Morgan fingerprint density at radius 1 is 1.28 bits per heavy atom. The second kappa shape index (κ2) is 5.79. The van der Waals surface area contributed by atoms with E-state index in [1.54, 1.807) is 0 Å². The SMILES string of the molecule is CC(C)Cn1nc2n(c(=O)c1=O)CC1(CCN(C(=O)C3CC3)C1)OC2. The Kier molecular flexibility index (Phi) is 3.82. The quantitative estimate of drug-likeness (QED) is 0.716. The van der Waals surface area contributed by atoms with Gasteiger partial charge in [0.2, 0.25) is 5.91 Å². The molecule has 0 radical (unpaired) electrons. The van der Waals surface area contributed by atoms with Crippen LogP contribution in [-0.4, -0.2) is 43.8 Å². The molecule has 1 spiro atoms. The van der Waals surface area contributed by atoms with Gasteiger partial charge in [0.05, 0.1) is 13.1 Å². The lowest BCUT2D eigenvalue weighted by Gasteiger charge is -2.35. The van der Waals surface area contributed by atoms with Crippen LogP contribution in [0.3, 0.4) is 0 Å². The van der Waals surface area contributed by atoms with Gasteiger partial charge in [-0.2, -0.15) is 5.10 Å². The van der Waals surface area contributed by atoms with Gasteiger partial charge in [-0.15, -0.1) is 0 Å². The van der Waals surface area contributed by atoms with Crippen molar-refractivity contribution in [2.45, 2.75) is 58.4 Å². The topological polar surface area (TPSA) is 86.4 Å². The highest BCUT2D eigenvalue weighted by Gasteiger charge is 2.46. The van der Waals surface area contributed by atoms with Crippen LogP contribution in [0.4, 0.5) is 0 Å². The molecule has 1 aromatic rings. The zero-order valence-electron chi connectivity index (χ0n) is 14.7. The van der Waals surface area contributed by atoms with Gasteiger partial charge in [0.1, 0.15) is 12.2 Å². The molecule has 1 unspecified atom stereocenters. The standard InChI is InChI=1S/C17H24N4O4/c1-11(2)7-21-16(24)15(23)20-10-17(25-8-13(20)18-21)5-6-19(9-17)14(22)12-3-4-12/h11-12H,3-10H2,1-2H3. The van der Waals surface area contributed by atoms with Crippen molar-refractivity contribution in [3.8, 4) is 0 Å². The van der Waals surface area contributed by atoms with Gasteiger partial charge in [0.15, 0.2) is 5.82 Å². The summed E-state index contributed by atoms with van der Waals surface area (Å²) < 4.78 is 8.76. The van der Waals surface area contributed by atoms with Crippen molar-refractivity contribution < 1.29 is 9.53 Å². The molecule has 8 nitrogen and oxygen atoms in total. The average molecular weight is 348 g/mol. The minimum atomic E-state index is -0.585. The van der Waals surface area contributed by atoms with Crippen LogP contribution in [-0.2, 0) is 29.2 Å². The Hall–Kier alpha value is -1.96. The third-order valence-electron chi connectivity index (χ3n) is 5.26. The second-order valence-corrected chi connectivity index (χ2v) is 7.94. The molecule has 3 heterocycles. The molecule has 3 aliphatic rings. The van der Waals surface area contributed by atoms with Gasteiger partial charge in [0, 0.05) is 19.0 Å². The summed E-state index contributed by atoms with van der Waals surface area (Å²) in [6.45, 7) is 5.98. The molecular weight excluding hydrogens is 324 g/mol. The Balaban J connectivity index is 1.59. The first-order chi connectivity index (χ1) is 11.9. The number of rotatable bonds is 3. The molecule has 1 saturated heterocycles. The summed E-state index contributed by atoms with van der Waals surface area (Å²) in [5.74, 6) is 1.09. The lowest BCUT2D eigenvalue weighted by atomic mass is 10.0. The molecule has 8 heteroatoms. The van der Waals surface area contributed by atoms with Crippen molar-refractivity contribution >= 4 is 5.91 Å². The third kappa shape index (κ3) is 2.92. The Labute approximate surface area is 145 Å². The highest BCUT2D eigenvalue weighted by molar-refractivity contribution is 5.81. The van der Waals surface area contributed by atoms with Crippen LogP contribution in [0.15, 0.2) is 9.59 Å². The zero-order valence-corrected chi connectivity index (χ0v) is 14.7. The van der Waals surface area contributed by atoms with Crippen molar-refractivity contribution in [1.82, 2.24) is 19.2 Å². The van der Waals surface area contributed by atoms with Crippen LogP contribution in [0.1, 0.15) is 38.9 Å². The molecule has 0 bridgehead atoms. The van der Waals surface area contributed by atoms with Crippen LogP contribution >= 0.6 is 0 Å². The predicted molar refractivity (Wildman–Crippen MR) is 89.0 cm³/mol. The molecule has 4 rings (SSSR count). The molecule has 136 valence electrons. The van der Waals surface area contributed by atoms with Crippen molar-refractivity contribution in [2.24, 2.45) is 11.8 Å². The van der Waals surface area contributed by atoms with E-state index in [0.717, 1.165) is 12.8 Å². The van der Waals surface area contributed by atoms with E-state index in [1.165, 1.54) is 9.25 Å². The number of amides is 1. The number of hydrogen-bond acceptors (Lipinski definition) is 5. The Morgan fingerprint density at radius 3 is 2.72 bits per heavy atom. The van der Waals surface area contributed by atoms with E-state index in [0.29, 0.717) is 38.4 Å². The van der Waals surface area contributed by atoms with E-state index in [2.05, 4.69) is 5.10 Å². The van der Waals surface area contributed by atoms with Gasteiger partial charge in [-0.25, -0.2) is 4.68 Å². The fourth-order valence-electron chi connectivity index (χ4n) is 3.74. The summed E-state index contributed by atoms with van der Waals surface area (Å²) in [5.41, 5.74) is -1.70. The van der Waals surface area contributed by atoms with E-state index in [9.17, 15) is 14.4 Å². The van der Waals surface area contributed by atoms with E-state index in [-0.39, 0.29) is 24.3 Å². The predicted octanol–water partition coefficient (Wildman–Crippen LogP) is -0.0277. The van der Waals surface area contributed by atoms with E-state index < -0.39 is 16.7 Å². The number of fused-ring (bicyclic) bond motifs is 1. The molecule has 25 heavy (non-hydrogen) atoms. The first-order valence-electron chi connectivity index (χ1n) is 9.02. The fourth-order valence-corrected chi connectivity index (χ4v) is 3.74. The molecule has 1 amide bonds. The molecule has 2 aliphatic heterocycles. The number of aromatic nitrogens is 3. The smallest absolute Gasteiger partial charge is 0.332 e. The molecule has 2 fully saturated rings. The van der Waals surface area contributed by atoms with Gasteiger partial charge < -0.3 is 9.64 Å². The van der Waals surface area contributed by atoms with Crippen molar-refractivity contribution in [3.63, 3.8) is 0 Å². The van der Waals surface area contributed by atoms with E-state index in [1.807, 2.05) is 18.7 Å². The Morgan fingerprint density at radius 2 is 2.04 bits per heavy atom. The third-order valence-corrected chi connectivity index (χ3v) is 5.26. The summed E-state index contributed by atoms with van der Waals surface area (Å²) in [6.07, 6.45) is 2.64. The maximum absolute atomic E-state index is 12.5. The van der Waals surface area contributed by atoms with Crippen LogP contribution in [0, 0.1) is 11.8 Å². The number of hydrogen-bond donors (Lipinski definition) is 0. The highest BCUT2D eigenvalue weighted by Crippen LogP contribution is 2.36. The van der Waals surface area contributed by atoms with Crippen molar-refractivity contribution in [1.29, 1.82) is 0 Å². The summed E-state index contributed by atoms with van der Waals surface area (Å²) in [5, 5.41) is 4.32. The summed E-state index contributed by atoms with van der Waals surface area (Å²) in [6, 6.07) is 0. The van der Waals surface area contributed by atoms with E-state index >= 15 is 0 Å². The van der Waals surface area contributed by atoms with Crippen LogP contribution in [0.5, 0.6) is 0 Å². The number of likely N-dealkylation sites (tertiary alicyclic amines) is 1. The van der Waals surface area contributed by atoms with Crippen LogP contribution < -0.4 is 11.1 Å². The minimum Gasteiger partial charge on any atom is -0.363 e. The van der Waals surface area contributed by atoms with Gasteiger partial charge in [0.25, 0.3) is 0 Å². The summed E-state index contributed by atoms with van der Waals surface area (Å²) in [7, 11) is 0. The number of nitrogens with zero attached hydrogens (tertiary/aromatic N) is 4. The lowest BCUT2D eigenvalue weighted by molar-refractivity contribution is -0.134. The van der Waals surface area contributed by atoms with Gasteiger partial charge in [-0.3, -0.25) is 19.0 Å². The normalized spacial score (nSPS) is 25.6. The van der Waals surface area contributed by atoms with Gasteiger partial charge >= 0.3 is 11.1 Å². The van der Waals surface area contributed by atoms with Gasteiger partial charge in [-0.1, -0.05) is 13.8 Å². The molecule has 1 atom stereocenters. The molecule has 0 N–H and O–H groups in total. The van der Waals surface area contributed by atoms with Gasteiger partial charge in [-0.05, 0) is 25.2 Å². The van der Waals surface area contributed by atoms with Crippen molar-refractivity contribution in [2.75, 3.05) is 13.1 Å². The number of carbonyl (C=O) groups excluding carboxylic acids is 1. The summed E-state index contributed by atoms with van der Waals surface area (Å²) in [4.78, 5) is 39.0. The highest BCUT2D eigenvalue weighted by atomic mass is 16.5. The fraction of sp³-hybridized carbons (Fsp3) is 0.765. The Bertz CT molecular complexity index is 823. The first kappa shape index (κ1) is 16.5. The van der Waals surface area contributed by atoms with Crippen LogP contribution in [0.25, 0.3) is 0 Å². The zero-order chi connectivity index (χ0) is 17.8. The second-order valence-electron chi connectivity index (χ2n) is 7.94. The molecule has 1 saturated carbocycles. The lowest BCUT2D eigenvalue weighted by Crippen LogP contribution is -2.53. The average Bonchev–Trinajstić information content (AvgIpc) is 3.34. The van der Waals surface area contributed by atoms with Crippen LogP contribution in [0.2, 0.25) is 0 Å². The maximum Gasteiger partial charge on any atom is 0.332 e. The molecule has 1 aliphatic carbocycles. The van der Waals surface area contributed by atoms with Crippen molar-refractivity contribution in [3.05, 3.63) is 26.5 Å². The minimum absolute atomic E-state index is 0.179. The largest absolute Gasteiger partial charge is 0.363 e. The summed E-state index contributed by atoms with van der Waals surface area (Å²) >= 11 is 0. The molecule has 1 aromatic heterocycles. The number of ether oxygens (including phenoxy) is 1. The number of carbonyl (C=O) groups is 1. The monoisotopic (exact) mass is 348 g/mol. The molecular formula is C17H24N4O4. The molecule has 0 aromatic carbocycles. The first-order valence-corrected chi connectivity index (χ1v) is 9.02. The van der Waals surface area contributed by atoms with E-state index in [4.69, 9.17) is 4.74 Å². The maximum atomic E-state index is 12.5.